The first kappa shape index (κ1) is 18.7. The maximum atomic E-state index is 13.1. The number of para-hydroxylation sites is 1. The minimum atomic E-state index is -0.758. The van der Waals surface area contributed by atoms with Gasteiger partial charge in [-0.3, -0.25) is 9.59 Å². The van der Waals surface area contributed by atoms with Crippen molar-refractivity contribution < 1.29 is 23.5 Å². The van der Waals surface area contributed by atoms with Gasteiger partial charge in [-0.25, -0.2) is 4.39 Å². The van der Waals surface area contributed by atoms with Crippen molar-refractivity contribution in [3.8, 4) is 11.5 Å². The lowest BCUT2D eigenvalue weighted by Gasteiger charge is -2.17. The molecule has 3 rings (SSSR count). The summed E-state index contributed by atoms with van der Waals surface area (Å²) in [5.41, 5.74) is 1.34. The van der Waals surface area contributed by atoms with E-state index >= 15 is 0 Å². The molecule has 0 bridgehead atoms. The molecule has 142 valence electrons. The van der Waals surface area contributed by atoms with Crippen LogP contribution in [0.1, 0.15) is 12.0 Å². The number of methoxy groups -OCH3 is 2. The van der Waals surface area contributed by atoms with Crippen LogP contribution in [0.25, 0.3) is 0 Å². The highest BCUT2D eigenvalue weighted by atomic mass is 19.1. The molecule has 0 radical (unpaired) electrons. The Morgan fingerprint density at radius 2 is 1.93 bits per heavy atom. The van der Waals surface area contributed by atoms with Crippen molar-refractivity contribution in [2.75, 3.05) is 25.7 Å². The highest BCUT2D eigenvalue weighted by Gasteiger charge is 2.37. The van der Waals surface area contributed by atoms with Gasteiger partial charge in [0.2, 0.25) is 11.8 Å². The minimum Gasteiger partial charge on any atom is -0.493 e. The Bertz CT molecular complexity index is 838. The number of carbonyl (C=O) groups is 2. The van der Waals surface area contributed by atoms with Crippen molar-refractivity contribution in [2.45, 2.75) is 13.0 Å². The van der Waals surface area contributed by atoms with Gasteiger partial charge in [-0.15, -0.1) is 0 Å². The molecule has 0 saturated carbocycles. The Morgan fingerprint density at radius 3 is 2.59 bits per heavy atom. The third-order valence-corrected chi connectivity index (χ3v) is 4.60. The average molecular weight is 372 g/mol. The molecule has 0 unspecified atom stereocenters. The van der Waals surface area contributed by atoms with Crippen molar-refractivity contribution in [1.29, 1.82) is 0 Å². The molecule has 1 aliphatic rings. The zero-order valence-corrected chi connectivity index (χ0v) is 15.2. The number of carbonyl (C=O) groups excluding carboxylic acids is 2. The molecular formula is C20H21FN2O4. The number of halogens is 1. The van der Waals surface area contributed by atoms with E-state index in [0.29, 0.717) is 30.2 Å². The van der Waals surface area contributed by atoms with E-state index in [0.717, 1.165) is 5.56 Å². The van der Waals surface area contributed by atoms with E-state index < -0.39 is 5.92 Å². The first-order chi connectivity index (χ1) is 13.0. The average Bonchev–Trinajstić information content (AvgIpc) is 3.07. The maximum absolute atomic E-state index is 13.1. The normalized spacial score (nSPS) is 16.3. The molecular weight excluding hydrogens is 351 g/mol. The lowest BCUT2D eigenvalue weighted by atomic mass is 10.1. The molecule has 1 aliphatic heterocycles. The van der Waals surface area contributed by atoms with Gasteiger partial charge in [0.1, 0.15) is 11.7 Å². The molecule has 6 nitrogen and oxygen atoms in total. The second kappa shape index (κ2) is 8.07. The van der Waals surface area contributed by atoms with E-state index in [1.54, 1.807) is 19.2 Å². The quantitative estimate of drug-likeness (QED) is 0.792. The monoisotopic (exact) mass is 372 g/mol. The largest absolute Gasteiger partial charge is 0.493 e. The molecule has 1 heterocycles. The third-order valence-electron chi connectivity index (χ3n) is 4.60. The van der Waals surface area contributed by atoms with Crippen LogP contribution in [-0.2, 0) is 16.1 Å². The van der Waals surface area contributed by atoms with Crippen molar-refractivity contribution in [2.24, 2.45) is 5.92 Å². The number of benzene rings is 2. The predicted molar refractivity (Wildman–Crippen MR) is 98.3 cm³/mol. The summed E-state index contributed by atoms with van der Waals surface area (Å²) < 4.78 is 23.7. The Hall–Kier alpha value is -3.09. The Balaban J connectivity index is 1.66. The van der Waals surface area contributed by atoms with Crippen LogP contribution in [0, 0.1) is 11.7 Å². The number of amides is 2. The van der Waals surface area contributed by atoms with Gasteiger partial charge < -0.3 is 19.7 Å². The Kier molecular flexibility index (Phi) is 5.59. The van der Waals surface area contributed by atoms with E-state index in [4.69, 9.17) is 9.47 Å². The summed E-state index contributed by atoms with van der Waals surface area (Å²) in [7, 11) is 3.08. The second-order valence-corrected chi connectivity index (χ2v) is 6.18. The smallest absolute Gasteiger partial charge is 0.239 e. The first-order valence-electron chi connectivity index (χ1n) is 8.59. The van der Waals surface area contributed by atoms with Crippen LogP contribution in [0.4, 0.5) is 10.1 Å². The SMILES string of the molecule is COc1cccc(CNC(=O)[C@H]2CCN(c3ccc(F)cc3)C2=O)c1OC. The molecule has 0 aliphatic carbocycles. The minimum absolute atomic E-state index is 0.222. The predicted octanol–water partition coefficient (Wildman–Crippen LogP) is 2.51. The van der Waals surface area contributed by atoms with Gasteiger partial charge in [-0.05, 0) is 36.8 Å². The summed E-state index contributed by atoms with van der Waals surface area (Å²) in [6.45, 7) is 0.643. The van der Waals surface area contributed by atoms with Gasteiger partial charge in [-0.1, -0.05) is 12.1 Å². The summed E-state index contributed by atoms with van der Waals surface area (Å²) in [6.07, 6.45) is 0.414. The van der Waals surface area contributed by atoms with Crippen LogP contribution >= 0.6 is 0 Å². The van der Waals surface area contributed by atoms with E-state index in [1.165, 1.54) is 36.3 Å². The number of hydrogen-bond donors (Lipinski definition) is 1. The molecule has 2 amide bonds. The van der Waals surface area contributed by atoms with E-state index in [-0.39, 0.29) is 24.2 Å². The second-order valence-electron chi connectivity index (χ2n) is 6.18. The van der Waals surface area contributed by atoms with Crippen LogP contribution in [-0.4, -0.2) is 32.6 Å². The van der Waals surface area contributed by atoms with Crippen molar-refractivity contribution in [3.63, 3.8) is 0 Å². The number of anilines is 1. The van der Waals surface area contributed by atoms with Crippen molar-refractivity contribution in [1.82, 2.24) is 5.32 Å². The summed E-state index contributed by atoms with van der Waals surface area (Å²) in [6, 6.07) is 11.1. The van der Waals surface area contributed by atoms with Crippen LogP contribution < -0.4 is 19.7 Å². The Morgan fingerprint density at radius 1 is 1.19 bits per heavy atom. The molecule has 0 spiro atoms. The fourth-order valence-corrected chi connectivity index (χ4v) is 3.20. The molecule has 7 heteroatoms. The first-order valence-corrected chi connectivity index (χ1v) is 8.59. The van der Waals surface area contributed by atoms with Gasteiger partial charge in [0, 0.05) is 24.3 Å². The standard InChI is InChI=1S/C20H21FN2O4/c1-26-17-5-3-4-13(18(17)27-2)12-22-19(24)16-10-11-23(20(16)25)15-8-6-14(21)7-9-15/h3-9,16H,10-12H2,1-2H3,(H,22,24)/t16-/m1/s1. The molecule has 2 aromatic rings. The highest BCUT2D eigenvalue weighted by molar-refractivity contribution is 6.09. The van der Waals surface area contributed by atoms with E-state index in [2.05, 4.69) is 5.32 Å². The molecule has 27 heavy (non-hydrogen) atoms. The molecule has 1 fully saturated rings. The topological polar surface area (TPSA) is 67.9 Å². The summed E-state index contributed by atoms with van der Waals surface area (Å²) in [5, 5.41) is 2.80. The summed E-state index contributed by atoms with van der Waals surface area (Å²) >= 11 is 0. The van der Waals surface area contributed by atoms with Crippen molar-refractivity contribution in [3.05, 3.63) is 53.8 Å². The molecule has 1 atom stereocenters. The molecule has 2 aromatic carbocycles. The Labute approximate surface area is 156 Å². The van der Waals surface area contributed by atoms with E-state index in [1.807, 2.05) is 6.07 Å². The van der Waals surface area contributed by atoms with Crippen LogP contribution in [0.15, 0.2) is 42.5 Å². The number of nitrogens with zero attached hydrogens (tertiary/aromatic N) is 1. The maximum Gasteiger partial charge on any atom is 0.239 e. The summed E-state index contributed by atoms with van der Waals surface area (Å²) in [5.74, 6) is -0.626. The third kappa shape index (κ3) is 3.86. The van der Waals surface area contributed by atoms with Gasteiger partial charge in [0.05, 0.1) is 14.2 Å². The zero-order chi connectivity index (χ0) is 19.4. The van der Waals surface area contributed by atoms with Crippen LogP contribution in [0.5, 0.6) is 11.5 Å². The van der Waals surface area contributed by atoms with E-state index in [9.17, 15) is 14.0 Å². The highest BCUT2D eigenvalue weighted by Crippen LogP contribution is 2.31. The van der Waals surface area contributed by atoms with Gasteiger partial charge in [0.15, 0.2) is 11.5 Å². The lowest BCUT2D eigenvalue weighted by Crippen LogP contribution is -2.36. The number of ether oxygens (including phenoxy) is 2. The molecule has 0 aromatic heterocycles. The van der Waals surface area contributed by atoms with Crippen LogP contribution in [0.2, 0.25) is 0 Å². The van der Waals surface area contributed by atoms with Gasteiger partial charge >= 0.3 is 0 Å². The zero-order valence-electron chi connectivity index (χ0n) is 15.2. The fraction of sp³-hybridized carbons (Fsp3) is 0.300. The van der Waals surface area contributed by atoms with Gasteiger partial charge in [-0.2, -0.15) is 0 Å². The van der Waals surface area contributed by atoms with Gasteiger partial charge in [0.25, 0.3) is 0 Å². The van der Waals surface area contributed by atoms with Crippen molar-refractivity contribution >= 4 is 17.5 Å². The lowest BCUT2D eigenvalue weighted by molar-refractivity contribution is -0.132. The summed E-state index contributed by atoms with van der Waals surface area (Å²) in [4.78, 5) is 26.6. The molecule has 1 saturated heterocycles. The number of rotatable bonds is 6. The molecule has 1 N–H and O–H groups in total. The number of hydrogen-bond acceptors (Lipinski definition) is 4. The number of nitrogens with one attached hydrogen (secondary N) is 1. The fourth-order valence-electron chi connectivity index (χ4n) is 3.20. The van der Waals surface area contributed by atoms with Crippen LogP contribution in [0.3, 0.4) is 0 Å².